The summed E-state index contributed by atoms with van der Waals surface area (Å²) in [5, 5.41) is 8.54. The van der Waals surface area contributed by atoms with Crippen molar-refractivity contribution in [3.05, 3.63) is 0 Å². The van der Waals surface area contributed by atoms with Crippen LogP contribution in [0.2, 0.25) is 0 Å². The largest absolute Gasteiger partial charge is 0.481 e. The molecular weight excluding hydrogens is 187 g/mol. The summed E-state index contributed by atoms with van der Waals surface area (Å²) in [6.45, 7) is 0. The first-order valence-corrected chi connectivity index (χ1v) is 3.85. The van der Waals surface area contributed by atoms with Crippen LogP contribution >= 0.6 is 0 Å². The zero-order valence-electron chi connectivity index (χ0n) is 6.77. The predicted octanol–water partition coefficient (Wildman–Crippen LogP) is 1.13. The Morgan fingerprint density at radius 1 is 1.54 bits per heavy atom. The lowest BCUT2D eigenvalue weighted by atomic mass is 9.85. The van der Waals surface area contributed by atoms with Crippen LogP contribution in [0.5, 0.6) is 0 Å². The topological polar surface area (TPSA) is 63.3 Å². The van der Waals surface area contributed by atoms with Crippen LogP contribution in [0.4, 0.5) is 13.2 Å². The molecule has 0 aromatic rings. The Morgan fingerprint density at radius 3 is 2.23 bits per heavy atom. The molecule has 0 aliphatic heterocycles. The summed E-state index contributed by atoms with van der Waals surface area (Å²) in [5.74, 6) is -1.81. The zero-order chi connectivity index (χ0) is 10.3. The van der Waals surface area contributed by atoms with Crippen LogP contribution in [0.25, 0.3) is 0 Å². The van der Waals surface area contributed by atoms with E-state index in [4.69, 9.17) is 10.8 Å². The van der Waals surface area contributed by atoms with E-state index in [0.717, 1.165) is 0 Å². The van der Waals surface area contributed by atoms with Gasteiger partial charge in [0.1, 0.15) is 0 Å². The van der Waals surface area contributed by atoms with E-state index < -0.39 is 36.4 Å². The molecule has 1 aliphatic rings. The van der Waals surface area contributed by atoms with Crippen molar-refractivity contribution in [2.24, 2.45) is 11.1 Å². The summed E-state index contributed by atoms with van der Waals surface area (Å²) >= 11 is 0. The second-order valence-electron chi connectivity index (χ2n) is 3.39. The smallest absolute Gasteiger partial charge is 0.404 e. The second-order valence-corrected chi connectivity index (χ2v) is 3.39. The molecule has 6 heteroatoms. The van der Waals surface area contributed by atoms with Gasteiger partial charge in [0.25, 0.3) is 0 Å². The average Bonchev–Trinajstić information content (AvgIpc) is 2.30. The molecule has 1 saturated carbocycles. The molecule has 13 heavy (non-hydrogen) atoms. The summed E-state index contributed by atoms with van der Waals surface area (Å²) in [6.07, 6.45) is -5.50. The molecule has 0 heterocycles. The van der Waals surface area contributed by atoms with Crippen LogP contribution in [-0.4, -0.2) is 23.3 Å². The fraction of sp³-hybridized carbons (Fsp3) is 0.857. The van der Waals surface area contributed by atoms with E-state index in [1.807, 2.05) is 0 Å². The van der Waals surface area contributed by atoms with Gasteiger partial charge in [-0.15, -0.1) is 0 Å². The molecule has 1 aliphatic carbocycles. The Hall–Kier alpha value is -0.780. The quantitative estimate of drug-likeness (QED) is 0.662. The molecule has 3 N–H and O–H groups in total. The molecule has 0 saturated heterocycles. The molecule has 0 amide bonds. The summed E-state index contributed by atoms with van der Waals surface area (Å²) in [4.78, 5) is 10.5. The highest BCUT2D eigenvalue weighted by Gasteiger charge is 2.63. The molecular formula is C7H10F3NO2. The Bertz CT molecular complexity index is 228. The van der Waals surface area contributed by atoms with Crippen molar-refractivity contribution in [1.82, 2.24) is 0 Å². The molecule has 0 aromatic heterocycles. The monoisotopic (exact) mass is 197 g/mol. The van der Waals surface area contributed by atoms with Gasteiger partial charge in [0.15, 0.2) is 5.41 Å². The van der Waals surface area contributed by atoms with Crippen molar-refractivity contribution < 1.29 is 23.1 Å². The Labute approximate surface area is 72.7 Å². The molecule has 0 radical (unpaired) electrons. The van der Waals surface area contributed by atoms with Gasteiger partial charge >= 0.3 is 12.1 Å². The summed E-state index contributed by atoms with van der Waals surface area (Å²) in [6, 6.07) is -0.655. The maximum Gasteiger partial charge on any atom is 0.404 e. The van der Waals surface area contributed by atoms with Crippen molar-refractivity contribution in [3.8, 4) is 0 Å². The Kier molecular flexibility index (Phi) is 2.27. The van der Waals surface area contributed by atoms with E-state index in [0.29, 0.717) is 0 Å². The number of nitrogens with two attached hydrogens (primary N) is 1. The lowest BCUT2D eigenvalue weighted by Crippen LogP contribution is -2.43. The van der Waals surface area contributed by atoms with Crippen LogP contribution in [-0.2, 0) is 4.79 Å². The molecule has 76 valence electrons. The molecule has 1 rings (SSSR count). The number of carboxylic acid groups (broad SMARTS) is 1. The number of alkyl halides is 3. The van der Waals surface area contributed by atoms with Gasteiger partial charge in [0, 0.05) is 6.04 Å². The fourth-order valence-electron chi connectivity index (χ4n) is 1.66. The third kappa shape index (κ3) is 1.50. The lowest BCUT2D eigenvalue weighted by molar-refractivity contribution is -0.230. The Balaban J connectivity index is 2.97. The van der Waals surface area contributed by atoms with Crippen molar-refractivity contribution >= 4 is 5.97 Å². The predicted molar refractivity (Wildman–Crippen MR) is 38.0 cm³/mol. The molecule has 2 atom stereocenters. The van der Waals surface area contributed by atoms with Gasteiger partial charge < -0.3 is 10.8 Å². The van der Waals surface area contributed by atoms with Crippen LogP contribution in [0.15, 0.2) is 0 Å². The Morgan fingerprint density at radius 2 is 2.08 bits per heavy atom. The maximum atomic E-state index is 12.4. The average molecular weight is 197 g/mol. The lowest BCUT2D eigenvalue weighted by Gasteiger charge is -2.26. The van der Waals surface area contributed by atoms with E-state index in [1.54, 1.807) is 0 Å². The molecule has 3 nitrogen and oxygen atoms in total. The van der Waals surface area contributed by atoms with Gasteiger partial charge in [0.2, 0.25) is 0 Å². The molecule has 0 bridgehead atoms. The normalized spacial score (nSPS) is 34.9. The number of hydrogen-bond acceptors (Lipinski definition) is 2. The minimum absolute atomic E-state index is 0.117. The van der Waals surface area contributed by atoms with E-state index in [1.165, 1.54) is 0 Å². The van der Waals surface area contributed by atoms with Gasteiger partial charge in [-0.2, -0.15) is 13.2 Å². The number of aliphatic carboxylic acids is 1. The summed E-state index contributed by atoms with van der Waals surface area (Å²) < 4.78 is 37.2. The zero-order valence-corrected chi connectivity index (χ0v) is 6.77. The fourth-order valence-corrected chi connectivity index (χ4v) is 1.66. The van der Waals surface area contributed by atoms with E-state index >= 15 is 0 Å². The van der Waals surface area contributed by atoms with Gasteiger partial charge in [0.05, 0.1) is 0 Å². The third-order valence-corrected chi connectivity index (χ3v) is 2.50. The van der Waals surface area contributed by atoms with E-state index in [2.05, 4.69) is 0 Å². The molecule has 0 unspecified atom stereocenters. The van der Waals surface area contributed by atoms with Crippen LogP contribution in [0, 0.1) is 5.41 Å². The summed E-state index contributed by atoms with van der Waals surface area (Å²) in [5.41, 5.74) is 2.68. The first-order valence-electron chi connectivity index (χ1n) is 3.85. The highest BCUT2D eigenvalue weighted by Crippen LogP contribution is 2.50. The van der Waals surface area contributed by atoms with Crippen LogP contribution in [0.3, 0.4) is 0 Å². The van der Waals surface area contributed by atoms with Crippen molar-refractivity contribution in [2.75, 3.05) is 0 Å². The highest BCUT2D eigenvalue weighted by molar-refractivity contribution is 5.76. The van der Waals surface area contributed by atoms with Gasteiger partial charge in [-0.05, 0) is 19.3 Å². The molecule has 0 aromatic carbocycles. The van der Waals surface area contributed by atoms with Crippen molar-refractivity contribution in [2.45, 2.75) is 31.5 Å². The SMILES string of the molecule is N[C@@H]1CC[C@@](C(=O)O)(C(F)(F)F)C1. The number of halogens is 3. The maximum absolute atomic E-state index is 12.4. The number of hydrogen-bond donors (Lipinski definition) is 2. The van der Waals surface area contributed by atoms with Crippen LogP contribution in [0.1, 0.15) is 19.3 Å². The summed E-state index contributed by atoms with van der Waals surface area (Å²) in [7, 11) is 0. The highest BCUT2D eigenvalue weighted by atomic mass is 19.4. The minimum Gasteiger partial charge on any atom is -0.481 e. The molecule has 0 spiro atoms. The number of rotatable bonds is 1. The van der Waals surface area contributed by atoms with Gasteiger partial charge in [-0.25, -0.2) is 0 Å². The van der Waals surface area contributed by atoms with Gasteiger partial charge in [-0.3, -0.25) is 4.79 Å². The van der Waals surface area contributed by atoms with Gasteiger partial charge in [-0.1, -0.05) is 0 Å². The minimum atomic E-state index is -4.70. The second kappa shape index (κ2) is 2.87. The van der Waals surface area contributed by atoms with Crippen molar-refractivity contribution in [3.63, 3.8) is 0 Å². The number of carbonyl (C=O) groups is 1. The van der Waals surface area contributed by atoms with E-state index in [-0.39, 0.29) is 6.42 Å². The van der Waals surface area contributed by atoms with Crippen LogP contribution < -0.4 is 5.73 Å². The molecule has 1 fully saturated rings. The first kappa shape index (κ1) is 10.3. The third-order valence-electron chi connectivity index (χ3n) is 2.50. The van der Waals surface area contributed by atoms with E-state index in [9.17, 15) is 18.0 Å². The number of carboxylic acids is 1. The van der Waals surface area contributed by atoms with Crippen molar-refractivity contribution in [1.29, 1.82) is 0 Å². The standard InChI is InChI=1S/C7H10F3NO2/c8-7(9,10)6(5(12)13)2-1-4(11)3-6/h4H,1-3,11H2,(H,12,13)/t4-,6-/m1/s1. The first-order chi connectivity index (χ1) is 5.79.